The molecule has 3 rings (SSSR count). The van der Waals surface area contributed by atoms with Crippen molar-refractivity contribution in [3.05, 3.63) is 102 Å². The van der Waals surface area contributed by atoms with Gasteiger partial charge in [0.15, 0.2) is 0 Å². The Morgan fingerprint density at radius 2 is 1.20 bits per heavy atom. The minimum absolute atomic E-state index is 0.351. The molecule has 0 bridgehead atoms. The molecule has 0 aliphatic rings. The highest BCUT2D eigenvalue weighted by Crippen LogP contribution is 2.25. The topological polar surface area (TPSA) is 23.5 Å². The Labute approximate surface area is 150 Å². The van der Waals surface area contributed by atoms with Gasteiger partial charge in [0.05, 0.1) is 6.10 Å². The van der Waals surface area contributed by atoms with Crippen molar-refractivity contribution in [1.29, 1.82) is 0 Å². The van der Waals surface area contributed by atoms with Crippen LogP contribution < -0.4 is 4.90 Å². The fourth-order valence-corrected chi connectivity index (χ4v) is 3.14. The predicted octanol–water partition coefficient (Wildman–Crippen LogP) is 4.82. The van der Waals surface area contributed by atoms with E-state index in [2.05, 4.69) is 71.6 Å². The highest BCUT2D eigenvalue weighted by molar-refractivity contribution is 5.54. The Bertz CT molecular complexity index is 727. The average Bonchev–Trinajstić information content (AvgIpc) is 2.63. The molecule has 0 radical (unpaired) electrons. The third-order valence-corrected chi connectivity index (χ3v) is 4.28. The molecular formula is C23H25NO. The maximum absolute atomic E-state index is 9.87. The standard InChI is InChI=1S/C23H25NO/c1-19(25)16-22-14-8-9-15-23(22)24(17-20-10-4-2-5-11-20)18-21-12-6-3-7-13-21/h2-15,19,25H,16-18H2,1H3/t19-/m0/s1. The molecule has 25 heavy (non-hydrogen) atoms. The van der Waals surface area contributed by atoms with E-state index in [-0.39, 0.29) is 6.10 Å². The molecule has 2 nitrogen and oxygen atoms in total. The van der Waals surface area contributed by atoms with Gasteiger partial charge in [-0.1, -0.05) is 78.9 Å². The second-order valence-electron chi connectivity index (χ2n) is 6.51. The van der Waals surface area contributed by atoms with Gasteiger partial charge in [-0.25, -0.2) is 0 Å². The second-order valence-corrected chi connectivity index (χ2v) is 6.51. The summed E-state index contributed by atoms with van der Waals surface area (Å²) in [5.41, 5.74) is 4.94. The third kappa shape index (κ3) is 4.94. The Kier molecular flexibility index (Phi) is 5.86. The summed E-state index contributed by atoms with van der Waals surface area (Å²) >= 11 is 0. The van der Waals surface area contributed by atoms with Crippen LogP contribution in [0.3, 0.4) is 0 Å². The van der Waals surface area contributed by atoms with E-state index in [9.17, 15) is 5.11 Å². The lowest BCUT2D eigenvalue weighted by atomic mass is 10.0. The molecule has 0 aromatic heterocycles. The molecule has 0 saturated heterocycles. The van der Waals surface area contributed by atoms with E-state index in [0.717, 1.165) is 13.1 Å². The summed E-state index contributed by atoms with van der Waals surface area (Å²) in [4.78, 5) is 2.39. The third-order valence-electron chi connectivity index (χ3n) is 4.28. The lowest BCUT2D eigenvalue weighted by Crippen LogP contribution is -2.24. The molecule has 0 saturated carbocycles. The van der Waals surface area contributed by atoms with Crippen molar-refractivity contribution in [3.8, 4) is 0 Å². The van der Waals surface area contributed by atoms with Crippen LogP contribution in [0.1, 0.15) is 23.6 Å². The van der Waals surface area contributed by atoms with Crippen LogP contribution in [-0.4, -0.2) is 11.2 Å². The fraction of sp³-hybridized carbons (Fsp3) is 0.217. The van der Waals surface area contributed by atoms with Crippen LogP contribution in [0, 0.1) is 0 Å². The largest absolute Gasteiger partial charge is 0.393 e. The first-order valence-electron chi connectivity index (χ1n) is 8.81. The summed E-state index contributed by atoms with van der Waals surface area (Å²) in [5.74, 6) is 0. The Morgan fingerprint density at radius 1 is 0.720 bits per heavy atom. The van der Waals surface area contributed by atoms with Crippen LogP contribution in [-0.2, 0) is 19.5 Å². The van der Waals surface area contributed by atoms with Crippen LogP contribution in [0.2, 0.25) is 0 Å². The van der Waals surface area contributed by atoms with Gasteiger partial charge in [-0.3, -0.25) is 0 Å². The van der Waals surface area contributed by atoms with Gasteiger partial charge in [0, 0.05) is 25.2 Å². The highest BCUT2D eigenvalue weighted by Gasteiger charge is 2.13. The average molecular weight is 331 g/mol. The van der Waals surface area contributed by atoms with Crippen LogP contribution in [0.25, 0.3) is 0 Å². The van der Waals surface area contributed by atoms with E-state index in [1.54, 1.807) is 0 Å². The van der Waals surface area contributed by atoms with E-state index < -0.39 is 0 Å². The number of aliphatic hydroxyl groups excluding tert-OH is 1. The van der Waals surface area contributed by atoms with Crippen molar-refractivity contribution in [2.75, 3.05) is 4.90 Å². The fourth-order valence-electron chi connectivity index (χ4n) is 3.14. The van der Waals surface area contributed by atoms with Crippen molar-refractivity contribution in [2.24, 2.45) is 0 Å². The van der Waals surface area contributed by atoms with Gasteiger partial charge in [0.1, 0.15) is 0 Å². The number of rotatable bonds is 7. The molecule has 0 amide bonds. The van der Waals surface area contributed by atoms with E-state index in [1.165, 1.54) is 22.4 Å². The van der Waals surface area contributed by atoms with E-state index in [0.29, 0.717) is 6.42 Å². The summed E-state index contributed by atoms with van der Waals surface area (Å²) in [6, 6.07) is 29.5. The van der Waals surface area contributed by atoms with Gasteiger partial charge in [-0.05, 0) is 29.7 Å². The molecule has 0 spiro atoms. The zero-order valence-corrected chi connectivity index (χ0v) is 14.7. The van der Waals surface area contributed by atoms with Gasteiger partial charge < -0.3 is 10.0 Å². The monoisotopic (exact) mass is 331 g/mol. The van der Waals surface area contributed by atoms with Crippen LogP contribution in [0.5, 0.6) is 0 Å². The van der Waals surface area contributed by atoms with E-state index in [1.807, 2.05) is 25.1 Å². The molecule has 1 atom stereocenters. The zero-order valence-electron chi connectivity index (χ0n) is 14.7. The van der Waals surface area contributed by atoms with Crippen LogP contribution in [0.15, 0.2) is 84.9 Å². The minimum Gasteiger partial charge on any atom is -0.393 e. The molecule has 3 aromatic rings. The summed E-state index contributed by atoms with van der Waals surface area (Å²) in [7, 11) is 0. The normalized spacial score (nSPS) is 11.9. The van der Waals surface area contributed by atoms with Crippen molar-refractivity contribution >= 4 is 5.69 Å². The van der Waals surface area contributed by atoms with Crippen LogP contribution in [0.4, 0.5) is 5.69 Å². The molecule has 0 heterocycles. The van der Waals surface area contributed by atoms with Crippen molar-refractivity contribution in [2.45, 2.75) is 32.5 Å². The SMILES string of the molecule is C[C@H](O)Cc1ccccc1N(Cc1ccccc1)Cc1ccccc1. The number of hydrogen-bond donors (Lipinski definition) is 1. The minimum atomic E-state index is -0.351. The van der Waals surface area contributed by atoms with Crippen molar-refractivity contribution in [3.63, 3.8) is 0 Å². The first kappa shape index (κ1) is 17.2. The smallest absolute Gasteiger partial charge is 0.0553 e. The summed E-state index contributed by atoms with van der Waals surface area (Å²) in [6.45, 7) is 3.52. The van der Waals surface area contributed by atoms with Crippen molar-refractivity contribution in [1.82, 2.24) is 0 Å². The molecular weight excluding hydrogens is 306 g/mol. The molecule has 0 aliphatic heterocycles. The van der Waals surface area contributed by atoms with E-state index in [4.69, 9.17) is 0 Å². The first-order chi connectivity index (χ1) is 12.2. The number of nitrogens with zero attached hydrogens (tertiary/aromatic N) is 1. The maximum atomic E-state index is 9.87. The van der Waals surface area contributed by atoms with Gasteiger partial charge in [0.2, 0.25) is 0 Å². The molecule has 128 valence electrons. The molecule has 3 aromatic carbocycles. The maximum Gasteiger partial charge on any atom is 0.0553 e. The molecule has 0 unspecified atom stereocenters. The van der Waals surface area contributed by atoms with E-state index >= 15 is 0 Å². The Hall–Kier alpha value is -2.58. The number of aliphatic hydroxyl groups is 1. The quantitative estimate of drug-likeness (QED) is 0.671. The molecule has 0 fully saturated rings. The highest BCUT2D eigenvalue weighted by atomic mass is 16.3. The Morgan fingerprint density at radius 3 is 1.72 bits per heavy atom. The van der Waals surface area contributed by atoms with Gasteiger partial charge >= 0.3 is 0 Å². The molecule has 1 N–H and O–H groups in total. The number of benzene rings is 3. The number of para-hydroxylation sites is 1. The van der Waals surface area contributed by atoms with Gasteiger partial charge in [-0.2, -0.15) is 0 Å². The number of anilines is 1. The zero-order chi connectivity index (χ0) is 17.5. The van der Waals surface area contributed by atoms with Crippen LogP contribution >= 0.6 is 0 Å². The van der Waals surface area contributed by atoms with Gasteiger partial charge in [0.25, 0.3) is 0 Å². The second kappa shape index (κ2) is 8.50. The lowest BCUT2D eigenvalue weighted by molar-refractivity contribution is 0.195. The first-order valence-corrected chi connectivity index (χ1v) is 8.81. The molecule has 0 aliphatic carbocycles. The van der Waals surface area contributed by atoms with Crippen molar-refractivity contribution < 1.29 is 5.11 Å². The molecule has 2 heteroatoms. The lowest BCUT2D eigenvalue weighted by Gasteiger charge is -2.28. The van der Waals surface area contributed by atoms with Gasteiger partial charge in [-0.15, -0.1) is 0 Å². The predicted molar refractivity (Wildman–Crippen MR) is 105 cm³/mol. The Balaban J connectivity index is 1.93. The number of hydrogen-bond acceptors (Lipinski definition) is 2. The summed E-state index contributed by atoms with van der Waals surface area (Å²) < 4.78 is 0. The summed E-state index contributed by atoms with van der Waals surface area (Å²) in [6.07, 6.45) is 0.312. The summed E-state index contributed by atoms with van der Waals surface area (Å²) in [5, 5.41) is 9.87.